The standard InChI is InChI=1S/C13H17ClO4/c1-5-18-13(16)11(15)9-6-7(2)8(3)10(14)12(9)17-4/h6,11,15H,5H2,1-4H3. The SMILES string of the molecule is CCOC(=O)C(O)c1cc(C)c(C)c(Cl)c1OC. The smallest absolute Gasteiger partial charge is 0.339 e. The highest BCUT2D eigenvalue weighted by molar-refractivity contribution is 6.33. The number of carbonyl (C=O) groups excluding carboxylic acids is 1. The first-order valence-corrected chi connectivity index (χ1v) is 6.00. The van der Waals surface area contributed by atoms with Crippen molar-refractivity contribution in [2.45, 2.75) is 26.9 Å². The van der Waals surface area contributed by atoms with Crippen LogP contribution in [0.1, 0.15) is 29.7 Å². The van der Waals surface area contributed by atoms with Gasteiger partial charge in [-0.1, -0.05) is 11.6 Å². The number of methoxy groups -OCH3 is 1. The molecule has 4 nitrogen and oxygen atoms in total. The minimum Gasteiger partial charge on any atom is -0.495 e. The van der Waals surface area contributed by atoms with Gasteiger partial charge in [-0.3, -0.25) is 0 Å². The predicted octanol–water partition coefficient (Wildman–Crippen LogP) is 2.56. The zero-order valence-electron chi connectivity index (χ0n) is 10.9. The Bertz CT molecular complexity index is 457. The Balaban J connectivity index is 3.27. The van der Waals surface area contributed by atoms with E-state index in [1.807, 2.05) is 13.8 Å². The van der Waals surface area contributed by atoms with Gasteiger partial charge < -0.3 is 14.6 Å². The highest BCUT2D eigenvalue weighted by atomic mass is 35.5. The number of rotatable bonds is 4. The van der Waals surface area contributed by atoms with Crippen LogP contribution in [0.3, 0.4) is 0 Å². The summed E-state index contributed by atoms with van der Waals surface area (Å²) in [4.78, 5) is 11.5. The molecule has 0 aromatic heterocycles. The molecule has 100 valence electrons. The van der Waals surface area contributed by atoms with Crippen LogP contribution >= 0.6 is 11.6 Å². The summed E-state index contributed by atoms with van der Waals surface area (Å²) in [5.41, 5.74) is 2.05. The molecule has 1 unspecified atom stereocenters. The molecule has 1 N–H and O–H groups in total. The molecule has 1 aromatic carbocycles. The minimum atomic E-state index is -1.39. The lowest BCUT2D eigenvalue weighted by Gasteiger charge is -2.17. The van der Waals surface area contributed by atoms with Crippen molar-refractivity contribution in [2.75, 3.05) is 13.7 Å². The van der Waals surface area contributed by atoms with Crippen LogP contribution in [-0.4, -0.2) is 24.8 Å². The Hall–Kier alpha value is -1.26. The summed E-state index contributed by atoms with van der Waals surface area (Å²) in [7, 11) is 1.44. The van der Waals surface area contributed by atoms with Crippen molar-refractivity contribution in [1.82, 2.24) is 0 Å². The summed E-state index contributed by atoms with van der Waals surface area (Å²) in [6.07, 6.45) is -1.39. The molecule has 0 spiro atoms. The van der Waals surface area contributed by atoms with Gasteiger partial charge in [0.2, 0.25) is 0 Å². The first-order valence-electron chi connectivity index (χ1n) is 5.62. The van der Waals surface area contributed by atoms with Gasteiger partial charge in [0.1, 0.15) is 5.75 Å². The molecule has 0 fully saturated rings. The molecule has 0 heterocycles. The fourth-order valence-electron chi connectivity index (χ4n) is 1.64. The number of esters is 1. The van der Waals surface area contributed by atoms with Gasteiger partial charge in [0.05, 0.1) is 18.7 Å². The molecular weight excluding hydrogens is 256 g/mol. The molecule has 0 saturated heterocycles. The number of carbonyl (C=O) groups is 1. The summed E-state index contributed by atoms with van der Waals surface area (Å²) in [5.74, 6) is -0.407. The molecule has 5 heteroatoms. The van der Waals surface area contributed by atoms with Crippen molar-refractivity contribution in [3.8, 4) is 5.75 Å². The summed E-state index contributed by atoms with van der Waals surface area (Å²) < 4.78 is 9.94. The summed E-state index contributed by atoms with van der Waals surface area (Å²) in [5, 5.41) is 10.4. The van der Waals surface area contributed by atoms with Crippen LogP contribution in [0, 0.1) is 13.8 Å². The van der Waals surface area contributed by atoms with E-state index in [2.05, 4.69) is 0 Å². The van der Waals surface area contributed by atoms with E-state index in [1.165, 1.54) is 7.11 Å². The number of benzene rings is 1. The molecular formula is C13H17ClO4. The fourth-order valence-corrected chi connectivity index (χ4v) is 1.97. The van der Waals surface area contributed by atoms with Crippen LogP contribution in [0.2, 0.25) is 5.02 Å². The summed E-state index contributed by atoms with van der Waals surface area (Å²) in [6.45, 7) is 5.58. The van der Waals surface area contributed by atoms with Gasteiger partial charge in [-0.05, 0) is 38.0 Å². The van der Waals surface area contributed by atoms with Crippen molar-refractivity contribution >= 4 is 17.6 Å². The third-order valence-corrected chi connectivity index (χ3v) is 3.22. The van der Waals surface area contributed by atoms with E-state index in [9.17, 15) is 9.90 Å². The monoisotopic (exact) mass is 272 g/mol. The molecule has 0 amide bonds. The molecule has 0 bridgehead atoms. The van der Waals surface area contributed by atoms with Crippen LogP contribution in [-0.2, 0) is 9.53 Å². The number of hydrogen-bond acceptors (Lipinski definition) is 4. The van der Waals surface area contributed by atoms with Gasteiger partial charge >= 0.3 is 5.97 Å². The van der Waals surface area contributed by atoms with E-state index in [1.54, 1.807) is 13.0 Å². The molecule has 18 heavy (non-hydrogen) atoms. The molecule has 0 radical (unpaired) electrons. The van der Waals surface area contributed by atoms with E-state index in [4.69, 9.17) is 21.1 Å². The van der Waals surface area contributed by atoms with Gasteiger partial charge in [0.15, 0.2) is 6.10 Å². The van der Waals surface area contributed by atoms with Gasteiger partial charge in [-0.15, -0.1) is 0 Å². The van der Waals surface area contributed by atoms with E-state index < -0.39 is 12.1 Å². The van der Waals surface area contributed by atoms with Crippen LogP contribution in [0.5, 0.6) is 5.75 Å². The lowest BCUT2D eigenvalue weighted by Crippen LogP contribution is -2.16. The van der Waals surface area contributed by atoms with Crippen LogP contribution in [0.4, 0.5) is 0 Å². The number of halogens is 1. The second-order valence-electron chi connectivity index (χ2n) is 3.91. The Morgan fingerprint density at radius 2 is 2.11 bits per heavy atom. The first kappa shape index (κ1) is 14.8. The second-order valence-corrected chi connectivity index (χ2v) is 4.29. The van der Waals surface area contributed by atoms with E-state index >= 15 is 0 Å². The van der Waals surface area contributed by atoms with Crippen molar-refractivity contribution in [3.05, 3.63) is 27.8 Å². The topological polar surface area (TPSA) is 55.8 Å². The zero-order valence-corrected chi connectivity index (χ0v) is 11.7. The third kappa shape index (κ3) is 2.76. The number of hydrogen-bond donors (Lipinski definition) is 1. The summed E-state index contributed by atoms with van der Waals surface area (Å²) >= 11 is 6.14. The highest BCUT2D eigenvalue weighted by Crippen LogP contribution is 2.37. The molecule has 0 saturated carbocycles. The maximum Gasteiger partial charge on any atom is 0.339 e. The summed E-state index contributed by atoms with van der Waals surface area (Å²) in [6, 6.07) is 1.68. The van der Waals surface area contributed by atoms with Crippen molar-refractivity contribution in [1.29, 1.82) is 0 Å². The van der Waals surface area contributed by atoms with Gasteiger partial charge in [-0.25, -0.2) is 4.79 Å². The number of aliphatic hydroxyl groups is 1. The molecule has 1 rings (SSSR count). The fraction of sp³-hybridized carbons (Fsp3) is 0.462. The van der Waals surface area contributed by atoms with Gasteiger partial charge in [0.25, 0.3) is 0 Å². The lowest BCUT2D eigenvalue weighted by molar-refractivity contribution is -0.153. The Morgan fingerprint density at radius 1 is 1.50 bits per heavy atom. The Labute approximate surface area is 111 Å². The highest BCUT2D eigenvalue weighted by Gasteiger charge is 2.25. The zero-order chi connectivity index (χ0) is 13.9. The van der Waals surface area contributed by atoms with E-state index in [0.29, 0.717) is 16.3 Å². The van der Waals surface area contributed by atoms with E-state index in [0.717, 1.165) is 11.1 Å². The molecule has 0 aliphatic heterocycles. The normalized spacial score (nSPS) is 12.1. The quantitative estimate of drug-likeness (QED) is 0.856. The van der Waals surface area contributed by atoms with Crippen LogP contribution in [0.15, 0.2) is 6.07 Å². The van der Waals surface area contributed by atoms with Gasteiger partial charge in [0, 0.05) is 5.56 Å². The number of aryl methyl sites for hydroxylation is 1. The van der Waals surface area contributed by atoms with Crippen molar-refractivity contribution in [3.63, 3.8) is 0 Å². The third-order valence-electron chi connectivity index (χ3n) is 2.76. The average Bonchev–Trinajstić information content (AvgIpc) is 2.35. The molecule has 1 atom stereocenters. The van der Waals surface area contributed by atoms with Crippen LogP contribution < -0.4 is 4.74 Å². The van der Waals surface area contributed by atoms with Crippen molar-refractivity contribution in [2.24, 2.45) is 0 Å². The average molecular weight is 273 g/mol. The Kier molecular flexibility index (Phi) is 4.99. The largest absolute Gasteiger partial charge is 0.495 e. The molecule has 1 aromatic rings. The molecule has 0 aliphatic carbocycles. The minimum absolute atomic E-state index is 0.205. The van der Waals surface area contributed by atoms with E-state index in [-0.39, 0.29) is 6.61 Å². The van der Waals surface area contributed by atoms with Gasteiger partial charge in [-0.2, -0.15) is 0 Å². The second kappa shape index (κ2) is 6.07. The maximum absolute atomic E-state index is 11.5. The Morgan fingerprint density at radius 3 is 2.61 bits per heavy atom. The number of ether oxygens (including phenoxy) is 2. The van der Waals surface area contributed by atoms with Crippen LogP contribution in [0.25, 0.3) is 0 Å². The maximum atomic E-state index is 11.5. The molecule has 0 aliphatic rings. The predicted molar refractivity (Wildman–Crippen MR) is 69.1 cm³/mol. The van der Waals surface area contributed by atoms with Crippen molar-refractivity contribution < 1.29 is 19.4 Å². The first-order chi connectivity index (χ1) is 8.43. The lowest BCUT2D eigenvalue weighted by atomic mass is 10.0. The number of aliphatic hydroxyl groups excluding tert-OH is 1.